The van der Waals surface area contributed by atoms with E-state index in [0.717, 1.165) is 12.5 Å². The molecule has 1 aromatic carbocycles. The van der Waals surface area contributed by atoms with Crippen LogP contribution in [-0.4, -0.2) is 11.8 Å². The van der Waals surface area contributed by atoms with Gasteiger partial charge in [0.25, 0.3) is 0 Å². The van der Waals surface area contributed by atoms with Crippen LogP contribution in [-0.2, 0) is 0 Å². The van der Waals surface area contributed by atoms with Crippen LogP contribution in [0.15, 0.2) is 18.2 Å². The predicted octanol–water partition coefficient (Wildman–Crippen LogP) is 2.27. The molecule has 1 aromatic rings. The van der Waals surface area contributed by atoms with Crippen molar-refractivity contribution in [1.29, 1.82) is 0 Å². The van der Waals surface area contributed by atoms with E-state index in [9.17, 15) is 13.6 Å². The lowest BCUT2D eigenvalue weighted by atomic mass is 9.95. The lowest BCUT2D eigenvalue weighted by Gasteiger charge is -2.09. The highest BCUT2D eigenvalue weighted by atomic mass is 19.2. The van der Waals surface area contributed by atoms with Crippen LogP contribution < -0.4 is 5.73 Å². The summed E-state index contributed by atoms with van der Waals surface area (Å²) in [5.41, 5.74) is 5.54. The van der Waals surface area contributed by atoms with Gasteiger partial charge in [0.15, 0.2) is 17.4 Å². The molecule has 16 heavy (non-hydrogen) atoms. The van der Waals surface area contributed by atoms with Gasteiger partial charge in [-0.1, -0.05) is 6.07 Å². The van der Waals surface area contributed by atoms with Crippen LogP contribution in [0.4, 0.5) is 8.78 Å². The maximum absolute atomic E-state index is 13.4. The number of carbonyl (C=O) groups is 1. The number of carbonyl (C=O) groups excluding carboxylic acids is 1. The van der Waals surface area contributed by atoms with E-state index in [1.165, 1.54) is 12.1 Å². The second-order valence-corrected chi connectivity index (χ2v) is 4.24. The van der Waals surface area contributed by atoms with E-state index in [4.69, 9.17) is 5.73 Å². The topological polar surface area (TPSA) is 43.1 Å². The Morgan fingerprint density at radius 2 is 2.06 bits per heavy atom. The van der Waals surface area contributed by atoms with Gasteiger partial charge in [0, 0.05) is 12.0 Å². The van der Waals surface area contributed by atoms with Gasteiger partial charge in [0.05, 0.1) is 5.56 Å². The molecule has 2 atom stereocenters. The van der Waals surface area contributed by atoms with Gasteiger partial charge in [-0.05, 0) is 31.4 Å². The van der Waals surface area contributed by atoms with Crippen molar-refractivity contribution in [3.8, 4) is 0 Å². The molecule has 1 aliphatic carbocycles. The zero-order valence-electron chi connectivity index (χ0n) is 8.75. The molecule has 0 radical (unpaired) electrons. The maximum atomic E-state index is 13.4. The Bertz CT molecular complexity index is 419. The zero-order valence-corrected chi connectivity index (χ0v) is 8.75. The molecule has 2 unspecified atom stereocenters. The van der Waals surface area contributed by atoms with Gasteiger partial charge in [-0.15, -0.1) is 0 Å². The average Bonchev–Trinajstić information content (AvgIpc) is 2.68. The molecule has 0 aromatic heterocycles. The second-order valence-electron chi connectivity index (χ2n) is 4.24. The predicted molar refractivity (Wildman–Crippen MR) is 56.0 cm³/mol. The van der Waals surface area contributed by atoms with Gasteiger partial charge in [-0.3, -0.25) is 4.79 Å². The van der Waals surface area contributed by atoms with Crippen LogP contribution in [0.2, 0.25) is 0 Å². The summed E-state index contributed by atoms with van der Waals surface area (Å²) in [5.74, 6) is -2.61. The Hall–Kier alpha value is -1.29. The fraction of sp³-hybridized carbons (Fsp3) is 0.417. The molecule has 1 aliphatic rings. The number of Topliss-reactive ketones (excluding diaryl/α,β-unsaturated/α-hetero) is 1. The summed E-state index contributed by atoms with van der Waals surface area (Å²) in [6.45, 7) is 0. The highest BCUT2D eigenvalue weighted by Crippen LogP contribution is 2.28. The number of ketones is 1. The van der Waals surface area contributed by atoms with Gasteiger partial charge < -0.3 is 5.73 Å². The maximum Gasteiger partial charge on any atom is 0.169 e. The van der Waals surface area contributed by atoms with E-state index in [1.807, 2.05) is 0 Å². The minimum absolute atomic E-state index is 0.00516. The number of hydrogen-bond donors (Lipinski definition) is 1. The largest absolute Gasteiger partial charge is 0.328 e. The molecule has 0 amide bonds. The van der Waals surface area contributed by atoms with E-state index >= 15 is 0 Å². The van der Waals surface area contributed by atoms with Crippen molar-refractivity contribution in [1.82, 2.24) is 0 Å². The van der Waals surface area contributed by atoms with Crippen LogP contribution in [0.25, 0.3) is 0 Å². The standard InChI is InChI=1S/C12H13F2NO/c13-10-3-1-2-9(11(10)14)12(16)7-4-5-8(15)6-7/h1-3,7-8H,4-6,15H2. The second kappa shape index (κ2) is 4.29. The summed E-state index contributed by atoms with van der Waals surface area (Å²) in [7, 11) is 0. The molecule has 0 saturated heterocycles. The van der Waals surface area contributed by atoms with Crippen molar-refractivity contribution in [3.63, 3.8) is 0 Å². The van der Waals surface area contributed by atoms with Crippen molar-refractivity contribution < 1.29 is 13.6 Å². The minimum atomic E-state index is -1.05. The Morgan fingerprint density at radius 3 is 2.69 bits per heavy atom. The fourth-order valence-corrected chi connectivity index (χ4v) is 2.17. The molecule has 1 saturated carbocycles. The molecule has 0 bridgehead atoms. The molecule has 2 rings (SSSR count). The van der Waals surface area contributed by atoms with E-state index in [2.05, 4.69) is 0 Å². The number of rotatable bonds is 2. The molecule has 0 spiro atoms. The van der Waals surface area contributed by atoms with Crippen LogP contribution in [0.5, 0.6) is 0 Å². The van der Waals surface area contributed by atoms with Gasteiger partial charge in [0.1, 0.15) is 0 Å². The van der Waals surface area contributed by atoms with E-state index in [0.29, 0.717) is 12.8 Å². The van der Waals surface area contributed by atoms with Crippen LogP contribution >= 0.6 is 0 Å². The summed E-state index contributed by atoms with van der Waals surface area (Å²) in [6.07, 6.45) is 2.00. The van der Waals surface area contributed by atoms with Crippen molar-refractivity contribution in [2.45, 2.75) is 25.3 Å². The number of halogens is 2. The van der Waals surface area contributed by atoms with Crippen molar-refractivity contribution in [2.24, 2.45) is 11.7 Å². The van der Waals surface area contributed by atoms with Crippen molar-refractivity contribution in [2.75, 3.05) is 0 Å². The number of benzene rings is 1. The molecule has 4 heteroatoms. The van der Waals surface area contributed by atoms with E-state index < -0.39 is 11.6 Å². The molecule has 0 aliphatic heterocycles. The summed E-state index contributed by atoms with van der Waals surface area (Å²) in [6, 6.07) is 3.68. The summed E-state index contributed by atoms with van der Waals surface area (Å²) >= 11 is 0. The highest BCUT2D eigenvalue weighted by Gasteiger charge is 2.30. The van der Waals surface area contributed by atoms with Crippen molar-refractivity contribution in [3.05, 3.63) is 35.4 Å². The van der Waals surface area contributed by atoms with Gasteiger partial charge in [-0.25, -0.2) is 8.78 Å². The first-order valence-electron chi connectivity index (χ1n) is 5.33. The summed E-state index contributed by atoms with van der Waals surface area (Å²) in [4.78, 5) is 11.9. The summed E-state index contributed by atoms with van der Waals surface area (Å²) in [5, 5.41) is 0. The Morgan fingerprint density at radius 1 is 1.31 bits per heavy atom. The Kier molecular flexibility index (Phi) is 3.01. The normalized spacial score (nSPS) is 24.7. The quantitative estimate of drug-likeness (QED) is 0.784. The van der Waals surface area contributed by atoms with Crippen LogP contribution in [0, 0.1) is 17.6 Å². The van der Waals surface area contributed by atoms with Crippen molar-refractivity contribution >= 4 is 5.78 Å². The SMILES string of the molecule is NC1CCC(C(=O)c2cccc(F)c2F)C1. The summed E-state index contributed by atoms with van der Waals surface area (Å²) < 4.78 is 26.3. The smallest absolute Gasteiger partial charge is 0.169 e. The minimum Gasteiger partial charge on any atom is -0.328 e. The van der Waals surface area contributed by atoms with E-state index in [1.54, 1.807) is 0 Å². The molecular formula is C12H13F2NO. The first kappa shape index (κ1) is 11.2. The molecule has 2 nitrogen and oxygen atoms in total. The lowest BCUT2D eigenvalue weighted by Crippen LogP contribution is -2.19. The molecule has 86 valence electrons. The monoisotopic (exact) mass is 225 g/mol. The number of nitrogens with two attached hydrogens (primary N) is 1. The van der Waals surface area contributed by atoms with Crippen LogP contribution in [0.1, 0.15) is 29.6 Å². The van der Waals surface area contributed by atoms with Gasteiger partial charge in [0.2, 0.25) is 0 Å². The first-order chi connectivity index (χ1) is 7.59. The van der Waals surface area contributed by atoms with Crippen LogP contribution in [0.3, 0.4) is 0 Å². The zero-order chi connectivity index (χ0) is 11.7. The Labute approximate surface area is 92.4 Å². The third-order valence-corrected chi connectivity index (χ3v) is 3.06. The van der Waals surface area contributed by atoms with Gasteiger partial charge in [-0.2, -0.15) is 0 Å². The molecular weight excluding hydrogens is 212 g/mol. The fourth-order valence-electron chi connectivity index (χ4n) is 2.17. The highest BCUT2D eigenvalue weighted by molar-refractivity contribution is 5.98. The van der Waals surface area contributed by atoms with E-state index in [-0.39, 0.29) is 23.3 Å². The molecule has 0 heterocycles. The first-order valence-corrected chi connectivity index (χ1v) is 5.33. The lowest BCUT2D eigenvalue weighted by molar-refractivity contribution is 0.0916. The average molecular weight is 225 g/mol. The third kappa shape index (κ3) is 1.97. The third-order valence-electron chi connectivity index (χ3n) is 3.06. The molecule has 1 fully saturated rings. The molecule has 2 N–H and O–H groups in total. The Balaban J connectivity index is 2.24. The number of hydrogen-bond acceptors (Lipinski definition) is 2. The van der Waals surface area contributed by atoms with Gasteiger partial charge >= 0.3 is 0 Å².